The molecule has 0 unspecified atom stereocenters. The normalized spacial score (nSPS) is 15.2. The molecule has 0 aromatic heterocycles. The highest BCUT2D eigenvalue weighted by atomic mass is 127. The Morgan fingerprint density at radius 3 is 2.41 bits per heavy atom. The number of hydrogen-bond acceptors (Lipinski definition) is 2. The minimum atomic E-state index is -0.844. The molecule has 2 amide bonds. The number of aliphatic carboxylic acids is 1. The van der Waals surface area contributed by atoms with E-state index in [0.717, 1.165) is 3.57 Å². The molecule has 17 heavy (non-hydrogen) atoms. The van der Waals surface area contributed by atoms with Gasteiger partial charge in [0.05, 0.1) is 5.92 Å². The van der Waals surface area contributed by atoms with Crippen LogP contribution in [-0.4, -0.2) is 35.1 Å². The summed E-state index contributed by atoms with van der Waals surface area (Å²) >= 11 is 2.18. The Labute approximate surface area is 112 Å². The van der Waals surface area contributed by atoms with Crippen LogP contribution in [0.3, 0.4) is 0 Å². The van der Waals surface area contributed by atoms with Crippen molar-refractivity contribution in [1.82, 2.24) is 4.90 Å². The monoisotopic (exact) mass is 346 g/mol. The van der Waals surface area contributed by atoms with Crippen LogP contribution in [0.25, 0.3) is 0 Å². The minimum absolute atomic E-state index is 0.247. The summed E-state index contributed by atoms with van der Waals surface area (Å²) in [6.07, 6.45) is 0. The van der Waals surface area contributed by atoms with Crippen LogP contribution in [0.4, 0.5) is 10.5 Å². The van der Waals surface area contributed by atoms with Gasteiger partial charge in [-0.3, -0.25) is 4.79 Å². The summed E-state index contributed by atoms with van der Waals surface area (Å²) in [6.45, 7) is 0.567. The van der Waals surface area contributed by atoms with E-state index in [9.17, 15) is 9.59 Å². The summed E-state index contributed by atoms with van der Waals surface area (Å²) in [4.78, 5) is 23.7. The van der Waals surface area contributed by atoms with Crippen molar-refractivity contribution in [1.29, 1.82) is 0 Å². The number of hydrogen-bond donors (Lipinski definition) is 2. The van der Waals surface area contributed by atoms with Gasteiger partial charge in [-0.15, -0.1) is 0 Å². The van der Waals surface area contributed by atoms with Crippen LogP contribution in [0.5, 0.6) is 0 Å². The highest BCUT2D eigenvalue weighted by Crippen LogP contribution is 2.18. The van der Waals surface area contributed by atoms with Gasteiger partial charge in [-0.2, -0.15) is 0 Å². The number of likely N-dealkylation sites (tertiary alicyclic amines) is 1. The van der Waals surface area contributed by atoms with Crippen molar-refractivity contribution in [2.24, 2.45) is 5.92 Å². The summed E-state index contributed by atoms with van der Waals surface area (Å²) in [7, 11) is 0. The lowest BCUT2D eigenvalue weighted by Gasteiger charge is -2.36. The number of nitrogens with zero attached hydrogens (tertiary/aromatic N) is 1. The number of carbonyl (C=O) groups is 2. The van der Waals surface area contributed by atoms with Crippen LogP contribution in [0, 0.1) is 9.49 Å². The van der Waals surface area contributed by atoms with E-state index in [1.54, 1.807) is 0 Å². The third kappa shape index (κ3) is 2.87. The lowest BCUT2D eigenvalue weighted by Crippen LogP contribution is -2.54. The standard InChI is InChI=1S/C11H11IN2O3/c12-8-1-3-9(4-2-8)13-11(17)14-5-7(6-14)10(15)16/h1-4,7H,5-6H2,(H,13,17)(H,15,16). The van der Waals surface area contributed by atoms with Crippen molar-refractivity contribution in [3.05, 3.63) is 27.8 Å². The zero-order valence-electron chi connectivity index (χ0n) is 8.89. The van der Waals surface area contributed by atoms with Crippen molar-refractivity contribution >= 4 is 40.3 Å². The highest BCUT2D eigenvalue weighted by molar-refractivity contribution is 14.1. The molecule has 0 bridgehead atoms. The van der Waals surface area contributed by atoms with Crippen LogP contribution in [0.1, 0.15) is 0 Å². The first-order chi connectivity index (χ1) is 8.06. The van der Waals surface area contributed by atoms with Gasteiger partial charge in [0.15, 0.2) is 0 Å². The summed E-state index contributed by atoms with van der Waals surface area (Å²) in [6, 6.07) is 7.17. The van der Waals surface area contributed by atoms with Crippen LogP contribution < -0.4 is 5.32 Å². The maximum atomic E-state index is 11.7. The lowest BCUT2D eigenvalue weighted by molar-refractivity contribution is -0.145. The van der Waals surface area contributed by atoms with E-state index in [-0.39, 0.29) is 19.1 Å². The van der Waals surface area contributed by atoms with E-state index in [1.165, 1.54) is 4.90 Å². The first-order valence-electron chi connectivity index (χ1n) is 5.10. The molecule has 90 valence electrons. The molecule has 1 heterocycles. The Hall–Kier alpha value is -1.31. The third-order valence-corrected chi connectivity index (χ3v) is 3.33. The molecule has 0 aliphatic carbocycles. The van der Waals surface area contributed by atoms with Gasteiger partial charge < -0.3 is 15.3 Å². The maximum Gasteiger partial charge on any atom is 0.321 e. The summed E-state index contributed by atoms with van der Waals surface area (Å²) in [5.74, 6) is -1.26. The summed E-state index contributed by atoms with van der Waals surface area (Å²) < 4.78 is 1.09. The van der Waals surface area contributed by atoms with Gasteiger partial charge in [0.25, 0.3) is 0 Å². The van der Waals surface area contributed by atoms with Crippen LogP contribution in [0.15, 0.2) is 24.3 Å². The molecule has 2 rings (SSSR count). The first kappa shape index (κ1) is 12.2. The number of benzene rings is 1. The molecule has 1 aliphatic heterocycles. The predicted molar refractivity (Wildman–Crippen MR) is 70.9 cm³/mol. The fourth-order valence-electron chi connectivity index (χ4n) is 1.54. The van der Waals surface area contributed by atoms with Crippen LogP contribution in [0.2, 0.25) is 0 Å². The fourth-order valence-corrected chi connectivity index (χ4v) is 1.90. The van der Waals surface area contributed by atoms with Gasteiger partial charge in [-0.25, -0.2) is 4.79 Å². The van der Waals surface area contributed by atoms with Crippen molar-refractivity contribution in [3.63, 3.8) is 0 Å². The van der Waals surface area contributed by atoms with Crippen molar-refractivity contribution in [2.75, 3.05) is 18.4 Å². The van der Waals surface area contributed by atoms with E-state index in [0.29, 0.717) is 5.69 Å². The van der Waals surface area contributed by atoms with Gasteiger partial charge >= 0.3 is 12.0 Å². The number of carbonyl (C=O) groups excluding carboxylic acids is 1. The topological polar surface area (TPSA) is 69.6 Å². The molecule has 0 spiro atoms. The van der Waals surface area contributed by atoms with Gasteiger partial charge in [-0.1, -0.05) is 0 Å². The molecule has 2 N–H and O–H groups in total. The largest absolute Gasteiger partial charge is 0.481 e. The van der Waals surface area contributed by atoms with E-state index in [1.807, 2.05) is 24.3 Å². The average molecular weight is 346 g/mol. The van der Waals surface area contributed by atoms with E-state index >= 15 is 0 Å². The molecule has 0 atom stereocenters. The molecule has 1 fully saturated rings. The SMILES string of the molecule is O=C(O)C1CN(C(=O)Nc2ccc(I)cc2)C1. The van der Waals surface area contributed by atoms with E-state index in [2.05, 4.69) is 27.9 Å². The van der Waals surface area contributed by atoms with Gasteiger partial charge in [0.2, 0.25) is 0 Å². The van der Waals surface area contributed by atoms with Gasteiger partial charge in [0.1, 0.15) is 0 Å². The molecule has 0 radical (unpaired) electrons. The zero-order chi connectivity index (χ0) is 12.4. The van der Waals surface area contributed by atoms with Crippen molar-refractivity contribution < 1.29 is 14.7 Å². The number of carboxylic acid groups (broad SMARTS) is 1. The lowest BCUT2D eigenvalue weighted by atomic mass is 10.0. The number of halogens is 1. The Morgan fingerprint density at radius 1 is 1.29 bits per heavy atom. The summed E-state index contributed by atoms with van der Waals surface area (Å²) in [5, 5.41) is 11.4. The number of rotatable bonds is 2. The van der Waals surface area contributed by atoms with Gasteiger partial charge in [0, 0.05) is 22.3 Å². The Balaban J connectivity index is 1.87. The number of urea groups is 1. The molecule has 1 saturated heterocycles. The highest BCUT2D eigenvalue weighted by Gasteiger charge is 2.35. The number of anilines is 1. The minimum Gasteiger partial charge on any atom is -0.481 e. The zero-order valence-corrected chi connectivity index (χ0v) is 11.0. The Morgan fingerprint density at radius 2 is 1.88 bits per heavy atom. The molecule has 1 aromatic rings. The van der Waals surface area contributed by atoms with Crippen LogP contribution >= 0.6 is 22.6 Å². The average Bonchev–Trinajstić information content (AvgIpc) is 2.18. The first-order valence-corrected chi connectivity index (χ1v) is 6.18. The molecule has 1 aromatic carbocycles. The van der Waals surface area contributed by atoms with Crippen molar-refractivity contribution in [3.8, 4) is 0 Å². The second-order valence-corrected chi connectivity index (χ2v) is 5.12. The second-order valence-electron chi connectivity index (χ2n) is 3.88. The molecule has 0 saturated carbocycles. The van der Waals surface area contributed by atoms with Gasteiger partial charge in [-0.05, 0) is 46.9 Å². The summed E-state index contributed by atoms with van der Waals surface area (Å²) in [5.41, 5.74) is 0.717. The second kappa shape index (κ2) is 4.91. The molecular weight excluding hydrogens is 335 g/mol. The maximum absolute atomic E-state index is 11.7. The van der Waals surface area contributed by atoms with E-state index in [4.69, 9.17) is 5.11 Å². The smallest absolute Gasteiger partial charge is 0.321 e. The molecular formula is C11H11IN2O3. The quantitative estimate of drug-likeness (QED) is 0.803. The molecule has 1 aliphatic rings. The molecule has 6 heteroatoms. The third-order valence-electron chi connectivity index (χ3n) is 2.61. The number of amides is 2. The van der Waals surface area contributed by atoms with E-state index < -0.39 is 11.9 Å². The van der Waals surface area contributed by atoms with Crippen molar-refractivity contribution in [2.45, 2.75) is 0 Å². The van der Waals surface area contributed by atoms with Crippen LogP contribution in [-0.2, 0) is 4.79 Å². The Kier molecular flexibility index (Phi) is 3.51. The number of nitrogens with one attached hydrogen (secondary N) is 1. The molecule has 5 nitrogen and oxygen atoms in total. The number of carboxylic acids is 1. The fraction of sp³-hybridized carbons (Fsp3) is 0.273. The Bertz CT molecular complexity index is 441. The predicted octanol–water partition coefficient (Wildman–Crippen LogP) is 1.84.